The highest BCUT2D eigenvalue weighted by atomic mass is 16.6. The molecule has 1 aliphatic rings. The van der Waals surface area contributed by atoms with Crippen molar-refractivity contribution >= 4 is 5.97 Å². The molecule has 0 N–H and O–H groups in total. The Balaban J connectivity index is 2.49. The largest absolute Gasteiger partial charge is 0.464 e. The van der Waals surface area contributed by atoms with E-state index in [1.165, 1.54) is 0 Å². The van der Waals surface area contributed by atoms with Crippen LogP contribution < -0.4 is 0 Å². The number of carbonyl (C=O) groups is 1. The minimum atomic E-state index is -0.465. The molecule has 3 nitrogen and oxygen atoms in total. The second kappa shape index (κ2) is 4.82. The Kier molecular flexibility index (Phi) is 3.71. The third kappa shape index (κ3) is 2.70. The van der Waals surface area contributed by atoms with Crippen LogP contribution in [0.2, 0.25) is 0 Å². The summed E-state index contributed by atoms with van der Waals surface area (Å²) in [6.07, 6.45) is 5.40. The predicted molar refractivity (Wildman–Crippen MR) is 49.2 cm³/mol. The van der Waals surface area contributed by atoms with Crippen LogP contribution in [0.15, 0.2) is 24.8 Å². The summed E-state index contributed by atoms with van der Waals surface area (Å²) < 4.78 is 10.2. The second-order valence-electron chi connectivity index (χ2n) is 2.74. The van der Waals surface area contributed by atoms with E-state index >= 15 is 0 Å². The number of esters is 1. The molecule has 0 aromatic carbocycles. The maximum atomic E-state index is 11.2. The molecule has 1 rings (SSSR count). The highest BCUT2D eigenvalue weighted by Gasteiger charge is 2.24. The molecule has 0 unspecified atom stereocenters. The van der Waals surface area contributed by atoms with E-state index in [-0.39, 0.29) is 12.1 Å². The molecule has 0 aromatic heterocycles. The van der Waals surface area contributed by atoms with Gasteiger partial charge in [0.2, 0.25) is 0 Å². The molecule has 1 aliphatic heterocycles. The van der Waals surface area contributed by atoms with Crippen molar-refractivity contribution in [2.24, 2.45) is 0 Å². The van der Waals surface area contributed by atoms with Gasteiger partial charge in [-0.1, -0.05) is 18.2 Å². The van der Waals surface area contributed by atoms with Crippen molar-refractivity contribution in [3.05, 3.63) is 24.8 Å². The molecule has 13 heavy (non-hydrogen) atoms. The lowest BCUT2D eigenvalue weighted by molar-refractivity contribution is -0.158. The average molecular weight is 182 g/mol. The molecule has 0 radical (unpaired) electrons. The number of ether oxygens (including phenoxy) is 2. The Morgan fingerprint density at radius 3 is 3.23 bits per heavy atom. The Labute approximate surface area is 78.0 Å². The number of hydrogen-bond donors (Lipinski definition) is 0. The zero-order valence-corrected chi connectivity index (χ0v) is 7.73. The smallest absolute Gasteiger partial charge is 0.335 e. The maximum Gasteiger partial charge on any atom is 0.335 e. The minimum Gasteiger partial charge on any atom is -0.464 e. The van der Waals surface area contributed by atoms with Gasteiger partial charge in [0.15, 0.2) is 6.10 Å². The van der Waals surface area contributed by atoms with Crippen LogP contribution in [0.3, 0.4) is 0 Å². The van der Waals surface area contributed by atoms with Crippen molar-refractivity contribution < 1.29 is 14.3 Å². The van der Waals surface area contributed by atoms with Crippen molar-refractivity contribution in [1.29, 1.82) is 0 Å². The number of rotatable bonds is 3. The molecular formula is C10H14O3. The van der Waals surface area contributed by atoms with Crippen LogP contribution in [-0.2, 0) is 14.3 Å². The summed E-state index contributed by atoms with van der Waals surface area (Å²) in [5.41, 5.74) is 0. The van der Waals surface area contributed by atoms with E-state index in [9.17, 15) is 4.79 Å². The maximum absolute atomic E-state index is 11.2. The molecule has 0 saturated carbocycles. The highest BCUT2D eigenvalue weighted by molar-refractivity contribution is 5.75. The van der Waals surface area contributed by atoms with Gasteiger partial charge < -0.3 is 9.47 Å². The van der Waals surface area contributed by atoms with Gasteiger partial charge in [0.05, 0.1) is 12.7 Å². The first-order valence-corrected chi connectivity index (χ1v) is 4.39. The standard InChI is InChI=1S/C10H14O3/c1-3-8-6-5-7-9(13-8)10(11)12-4-2/h3,5-6,8-9H,1,4,7H2,2H3/t8-,9-/m1/s1. The highest BCUT2D eigenvalue weighted by Crippen LogP contribution is 2.14. The van der Waals surface area contributed by atoms with Crippen molar-refractivity contribution in [2.75, 3.05) is 6.61 Å². The Hall–Kier alpha value is -1.09. The molecular weight excluding hydrogens is 168 g/mol. The molecule has 2 atom stereocenters. The topological polar surface area (TPSA) is 35.5 Å². The lowest BCUT2D eigenvalue weighted by atomic mass is 10.1. The van der Waals surface area contributed by atoms with Crippen LogP contribution in [0.1, 0.15) is 13.3 Å². The van der Waals surface area contributed by atoms with E-state index in [0.717, 1.165) is 0 Å². The SMILES string of the molecule is C=C[C@@H]1C=CC[C@H](C(=O)OCC)O1. The van der Waals surface area contributed by atoms with Crippen LogP contribution >= 0.6 is 0 Å². The molecule has 72 valence electrons. The predicted octanol–water partition coefficient (Wildman–Crippen LogP) is 1.45. The van der Waals surface area contributed by atoms with Crippen molar-refractivity contribution in [1.82, 2.24) is 0 Å². The molecule has 0 aliphatic carbocycles. The fourth-order valence-corrected chi connectivity index (χ4v) is 1.15. The number of carbonyl (C=O) groups excluding carboxylic acids is 1. The normalized spacial score (nSPS) is 26.8. The Morgan fingerprint density at radius 2 is 2.62 bits per heavy atom. The van der Waals surface area contributed by atoms with E-state index in [1.54, 1.807) is 13.0 Å². The van der Waals surface area contributed by atoms with Crippen LogP contribution in [0, 0.1) is 0 Å². The molecule has 0 fully saturated rings. The van der Waals surface area contributed by atoms with E-state index in [0.29, 0.717) is 13.0 Å². The van der Waals surface area contributed by atoms with Crippen LogP contribution in [-0.4, -0.2) is 24.8 Å². The van der Waals surface area contributed by atoms with E-state index in [2.05, 4.69) is 6.58 Å². The van der Waals surface area contributed by atoms with Gasteiger partial charge in [-0.05, 0) is 6.92 Å². The summed E-state index contributed by atoms with van der Waals surface area (Å²) >= 11 is 0. The van der Waals surface area contributed by atoms with Gasteiger partial charge in [0.1, 0.15) is 0 Å². The Morgan fingerprint density at radius 1 is 1.85 bits per heavy atom. The molecule has 1 heterocycles. The van der Waals surface area contributed by atoms with E-state index < -0.39 is 6.10 Å². The molecule has 0 aromatic rings. The van der Waals surface area contributed by atoms with Crippen LogP contribution in [0.4, 0.5) is 0 Å². The fourth-order valence-electron chi connectivity index (χ4n) is 1.15. The lowest BCUT2D eigenvalue weighted by Crippen LogP contribution is -2.31. The van der Waals surface area contributed by atoms with Gasteiger partial charge >= 0.3 is 5.97 Å². The van der Waals surface area contributed by atoms with Gasteiger partial charge in [-0.3, -0.25) is 0 Å². The Bertz CT molecular complexity index is 220. The molecule has 0 spiro atoms. The van der Waals surface area contributed by atoms with Gasteiger partial charge in [-0.25, -0.2) is 4.79 Å². The molecule has 3 heteroatoms. The van der Waals surface area contributed by atoms with Gasteiger partial charge in [-0.15, -0.1) is 6.58 Å². The summed E-state index contributed by atoms with van der Waals surface area (Å²) in [6.45, 7) is 5.77. The van der Waals surface area contributed by atoms with Gasteiger partial charge in [-0.2, -0.15) is 0 Å². The fraction of sp³-hybridized carbons (Fsp3) is 0.500. The monoisotopic (exact) mass is 182 g/mol. The zero-order chi connectivity index (χ0) is 9.68. The summed E-state index contributed by atoms with van der Waals surface area (Å²) in [7, 11) is 0. The third-order valence-electron chi connectivity index (χ3n) is 1.78. The first kappa shape index (κ1) is 9.99. The lowest BCUT2D eigenvalue weighted by Gasteiger charge is -2.22. The first-order chi connectivity index (χ1) is 6.27. The summed E-state index contributed by atoms with van der Waals surface area (Å²) in [4.78, 5) is 11.2. The van der Waals surface area contributed by atoms with Crippen molar-refractivity contribution in [3.63, 3.8) is 0 Å². The summed E-state index contributed by atoms with van der Waals surface area (Å²) in [5, 5.41) is 0. The van der Waals surface area contributed by atoms with E-state index in [4.69, 9.17) is 9.47 Å². The summed E-state index contributed by atoms with van der Waals surface area (Å²) in [6, 6.07) is 0. The van der Waals surface area contributed by atoms with Crippen LogP contribution in [0.5, 0.6) is 0 Å². The summed E-state index contributed by atoms with van der Waals surface area (Å²) in [5.74, 6) is -0.293. The average Bonchev–Trinajstić information content (AvgIpc) is 2.18. The first-order valence-electron chi connectivity index (χ1n) is 4.39. The van der Waals surface area contributed by atoms with E-state index in [1.807, 2.05) is 12.2 Å². The van der Waals surface area contributed by atoms with Gasteiger partial charge in [0, 0.05) is 6.42 Å². The van der Waals surface area contributed by atoms with Crippen molar-refractivity contribution in [3.8, 4) is 0 Å². The third-order valence-corrected chi connectivity index (χ3v) is 1.78. The minimum absolute atomic E-state index is 0.164. The number of hydrogen-bond acceptors (Lipinski definition) is 3. The molecule has 0 amide bonds. The zero-order valence-electron chi connectivity index (χ0n) is 7.73. The molecule has 0 bridgehead atoms. The van der Waals surface area contributed by atoms with Crippen LogP contribution in [0.25, 0.3) is 0 Å². The second-order valence-corrected chi connectivity index (χ2v) is 2.74. The quantitative estimate of drug-likeness (QED) is 0.489. The van der Waals surface area contributed by atoms with Crippen molar-refractivity contribution in [2.45, 2.75) is 25.6 Å². The molecule has 0 saturated heterocycles. The van der Waals surface area contributed by atoms with Gasteiger partial charge in [0.25, 0.3) is 0 Å².